The fourth-order valence-electron chi connectivity index (χ4n) is 0. The third-order valence-electron chi connectivity index (χ3n) is 0. The molecule has 0 spiro atoms. The fourth-order valence-corrected chi connectivity index (χ4v) is 0. The highest BCUT2D eigenvalue weighted by atomic mass is 31.0. The van der Waals surface area contributed by atoms with Crippen LogP contribution in [0.5, 0.6) is 0 Å². The van der Waals surface area contributed by atoms with Crippen LogP contribution in [0.4, 0.5) is 0 Å². The molecule has 0 amide bonds. The molecule has 0 bridgehead atoms. The van der Waals surface area contributed by atoms with E-state index < -0.39 is 9.73 Å². The third kappa shape index (κ3) is 141. The van der Waals surface area contributed by atoms with Gasteiger partial charge in [-0.2, -0.15) is 9.73 Å². The van der Waals surface area contributed by atoms with Crippen molar-refractivity contribution < 1.29 is 67.1 Å². The SMILES string of the molecule is C.C.C.C.[3HH].[3HH].[3HH].[3HH].[3HH].[3HH].[3HH].[3HH].[3HH].[3HH].[3HH].[3HH].[3HH].[3H]P([3H])[3H].[HH].[HH].[HH].[HH].[HH].[HH].[HH].[HH].[HH].[HH].[HH].[HH].[HH].[HH].[HH].[HH].[HH].[HH].[HH].[HH].[HH].[HH].[HH].[HH].[HH].[HH].[HH].[HH].[HH].[HH].[HH].[HH].[HH].[HH]. The predicted molar refractivity (Wildman–Crippen MR) is 137 cm³/mol. The Morgan fingerprint density at radius 3 is 1.40 bits per heavy atom. The standard InChI is InChI=1S/4CH4.H3P.47H2/h4*1H4;1H3;47*1H/i;;;;1T3;13*1+2;;;;;;;;;;;;;;;;;;;;;;;;;;;;;;;;;;. The smallest absolute Gasteiger partial charge is 0.0511 e. The van der Waals surface area contributed by atoms with Gasteiger partial charge in [0.25, 0.3) is 0 Å². The topological polar surface area (TPSA) is 0 Å². The summed E-state index contributed by atoms with van der Waals surface area (Å²) in [6.07, 6.45) is 0. The van der Waals surface area contributed by atoms with Gasteiger partial charge in [0, 0.05) is 67.1 Å². The number of hydrogen-bond acceptors (Lipinski definition) is 0. The highest BCUT2D eigenvalue weighted by Gasteiger charge is -0.0745. The minimum atomic E-state index is -1.87. The van der Waals surface area contributed by atoms with Crippen LogP contribution in [0.3, 0.4) is 0 Å². The van der Waals surface area contributed by atoms with Crippen molar-refractivity contribution in [3.8, 4) is 0 Å². The Bertz CT molecular complexity index is 32.5. The fraction of sp³-hybridized carbons (Fsp3) is 1.00. The summed E-state index contributed by atoms with van der Waals surface area (Å²) in [6, 6.07) is 0. The Balaban J connectivity index is -0.0000000000353. The molecule has 5 heavy (non-hydrogen) atoms. The molecule has 0 rings (SSSR count). The summed E-state index contributed by atoms with van der Waals surface area (Å²) in [6.45, 7) is 0. The molecule has 0 heterocycles. The summed E-state index contributed by atoms with van der Waals surface area (Å²) in [7, 11) is -1.87. The maximum atomic E-state index is 5.98. The van der Waals surface area contributed by atoms with Gasteiger partial charge in [-0.1, -0.05) is 29.7 Å². The average Bonchev–Trinajstić information content (AvgIpc) is 0.811. The lowest BCUT2D eigenvalue weighted by Crippen LogP contribution is 0.143. The molecular weight excluding hydrogens is 79.0 g/mol. The molecule has 0 aromatic heterocycles. The second-order valence-corrected chi connectivity index (χ2v) is 0. The third-order valence-corrected chi connectivity index (χ3v) is 0. The molecule has 0 atom stereocenters. The van der Waals surface area contributed by atoms with Gasteiger partial charge in [-0.25, -0.2) is 0 Å². The van der Waals surface area contributed by atoms with Gasteiger partial charge in [0.05, 0.1) is 3.84 Å². The molecule has 0 saturated carbocycles. The van der Waals surface area contributed by atoms with Crippen LogP contribution in [-0.4, -0.2) is 3.84 Å². The summed E-state index contributed by atoms with van der Waals surface area (Å²) in [5, 5.41) is 0. The lowest BCUT2D eigenvalue weighted by Gasteiger charge is -0.153. The van der Waals surface area contributed by atoms with Crippen molar-refractivity contribution >= 4 is 9.73 Å². The second kappa shape index (κ2) is 282. The molecule has 0 unspecified atom stereocenters. The van der Waals surface area contributed by atoms with Gasteiger partial charge < -0.3 is 0 Å². The maximum absolute atomic E-state index is 5.98. The van der Waals surface area contributed by atoms with E-state index in [0.717, 1.165) is 0 Å². The Morgan fingerprint density at radius 2 is 1.40 bits per heavy atom. The van der Waals surface area contributed by atoms with E-state index in [9.17, 15) is 0 Å². The first-order valence-electron chi connectivity index (χ1n) is 1.34. The summed E-state index contributed by atoms with van der Waals surface area (Å²) in [4.78, 5) is 0. The zero-order valence-corrected chi connectivity index (χ0v) is 1.34. The van der Waals surface area contributed by atoms with Crippen LogP contribution in [0.15, 0.2) is 0 Å². The quantitative estimate of drug-likeness (QED) is 0.359. The molecule has 0 N–H and O–H groups in total. The molecule has 0 aliphatic heterocycles. The first kappa shape index (κ1) is 9.06. The van der Waals surface area contributed by atoms with Crippen molar-refractivity contribution in [3.05, 3.63) is 0 Å². The van der Waals surface area contributed by atoms with E-state index in [4.69, 9.17) is 3.84 Å². The monoisotopic (exact) mass is 225 g/mol. The molecule has 134 valence electrons. The first-order chi connectivity index (χ1) is 1.73. The molecule has 0 nitrogen and oxygen atoms in total. The van der Waals surface area contributed by atoms with Crippen LogP contribution in [0.1, 0.15) is 96.8 Å². The van der Waals surface area contributed by atoms with Gasteiger partial charge in [0.2, 0.25) is 0 Å². The van der Waals surface area contributed by atoms with Crippen molar-refractivity contribution in [1.29, 1.82) is 3.84 Å². The molecule has 0 aliphatic rings. The van der Waals surface area contributed by atoms with E-state index in [1.54, 1.807) is 0 Å². The van der Waals surface area contributed by atoms with Crippen molar-refractivity contribution in [1.82, 2.24) is 0 Å². The van der Waals surface area contributed by atoms with Gasteiger partial charge in [-0.05, 0) is 0 Å². The number of hydrogen-bond donors (Lipinski definition) is 0. The van der Waals surface area contributed by atoms with E-state index in [0.29, 0.717) is 0 Å². The van der Waals surface area contributed by atoms with E-state index in [1.807, 2.05) is 0 Å². The Kier molecular flexibility index (Phi) is 511. The van der Waals surface area contributed by atoms with Crippen molar-refractivity contribution in [2.24, 2.45) is 0 Å². The molecule has 0 aliphatic carbocycles. The van der Waals surface area contributed by atoms with Gasteiger partial charge in [0.1, 0.15) is 0 Å². The van der Waals surface area contributed by atoms with Crippen molar-refractivity contribution in [2.45, 2.75) is 29.7 Å². The van der Waals surface area contributed by atoms with E-state index >= 15 is 0 Å². The van der Waals surface area contributed by atoms with E-state index in [2.05, 4.69) is 0 Å². The largest absolute Gasteiger partial charge is 0.153 e. The average molecular weight is 225 g/mol. The maximum Gasteiger partial charge on any atom is 0.0511 e. The Hall–Kier alpha value is 0.430. The zero-order valence-electron chi connectivity index (χ0n) is 3.45. The lowest BCUT2D eigenvalue weighted by atomic mass is 12.0. The first-order valence-corrected chi connectivity index (χ1v) is 0. The second-order valence-electron chi connectivity index (χ2n) is 0. The van der Waals surface area contributed by atoms with E-state index in [-0.39, 0.29) is 96.8 Å². The molecule has 0 radical (unpaired) electrons. The summed E-state index contributed by atoms with van der Waals surface area (Å²) in [5.41, 5.74) is 0. The molecular formula is C4H113P. The van der Waals surface area contributed by atoms with Crippen molar-refractivity contribution in [2.75, 3.05) is 0 Å². The highest BCUT2D eigenvalue weighted by molar-refractivity contribution is 6.92. The van der Waals surface area contributed by atoms with Crippen LogP contribution in [0.2, 0.25) is 0 Å². The van der Waals surface area contributed by atoms with Crippen molar-refractivity contribution in [3.63, 3.8) is 0 Å². The normalized spacial score (nSPS) is 7.80. The molecule has 1 heteroatoms. The van der Waals surface area contributed by atoms with Crippen LogP contribution >= 0.6 is 9.73 Å². The van der Waals surface area contributed by atoms with Crippen LogP contribution < -0.4 is 0 Å². The van der Waals surface area contributed by atoms with Gasteiger partial charge in [-0.3, -0.25) is 0 Å². The van der Waals surface area contributed by atoms with Gasteiger partial charge in [-0.15, -0.1) is 0 Å². The van der Waals surface area contributed by atoms with Crippen LogP contribution in [0.25, 0.3) is 0 Å². The minimum absolute atomic E-state index is 0. The van der Waals surface area contributed by atoms with Crippen LogP contribution in [0, 0.1) is 0 Å². The molecule has 0 fully saturated rings. The molecule has 0 aromatic rings. The summed E-state index contributed by atoms with van der Waals surface area (Å²) >= 11 is 0. The lowest BCUT2D eigenvalue weighted by molar-refractivity contribution is 2.50. The summed E-state index contributed by atoms with van der Waals surface area (Å²) in [5.74, 6) is 0. The van der Waals surface area contributed by atoms with Gasteiger partial charge >= 0.3 is 0 Å². The predicted octanol–water partition coefficient (Wildman–Crippen LogP) is 14.2. The Morgan fingerprint density at radius 1 is 1.40 bits per heavy atom. The van der Waals surface area contributed by atoms with Gasteiger partial charge in [0.15, 0.2) is 0 Å². The summed E-state index contributed by atoms with van der Waals surface area (Å²) < 4.78 is 17.9. The Labute approximate surface area is 114 Å². The minimum Gasteiger partial charge on any atom is -0.153 e. The molecule has 0 aromatic carbocycles. The number of rotatable bonds is 0. The van der Waals surface area contributed by atoms with E-state index in [1.165, 1.54) is 0 Å². The molecule has 0 saturated heterocycles. The zero-order chi connectivity index (χ0) is 3.58. The highest BCUT2D eigenvalue weighted by Crippen LogP contribution is 0.861. The van der Waals surface area contributed by atoms with Crippen LogP contribution in [-0.2, 0) is 0 Å².